The number of nitrogens with zero attached hydrogens (tertiary/aromatic N) is 2. The van der Waals surface area contributed by atoms with Gasteiger partial charge in [-0.15, -0.1) is 0 Å². The largest absolute Gasteiger partial charge is 0.493 e. The van der Waals surface area contributed by atoms with Crippen LogP contribution < -0.4 is 0 Å². The van der Waals surface area contributed by atoms with E-state index >= 15 is 0 Å². The maximum Gasteiger partial charge on any atom is 0.213 e. The highest BCUT2D eigenvalue weighted by Crippen LogP contribution is 2.42. The van der Waals surface area contributed by atoms with Crippen molar-refractivity contribution in [2.75, 3.05) is 0 Å². The van der Waals surface area contributed by atoms with Crippen molar-refractivity contribution in [2.45, 2.75) is 12.5 Å². The van der Waals surface area contributed by atoms with Crippen LogP contribution in [0.25, 0.3) is 10.9 Å². The molecule has 1 atom stereocenters. The van der Waals surface area contributed by atoms with Gasteiger partial charge < -0.3 is 14.7 Å². The summed E-state index contributed by atoms with van der Waals surface area (Å²) in [7, 11) is 1.75. The zero-order chi connectivity index (χ0) is 18.0. The van der Waals surface area contributed by atoms with Gasteiger partial charge in [-0.1, -0.05) is 30.3 Å². The summed E-state index contributed by atoms with van der Waals surface area (Å²) in [6.45, 7) is 0. The molecular formula is C20H16FN3OS. The van der Waals surface area contributed by atoms with Gasteiger partial charge >= 0.3 is 0 Å². The van der Waals surface area contributed by atoms with Gasteiger partial charge in [0.05, 0.1) is 5.69 Å². The number of benzene rings is 2. The van der Waals surface area contributed by atoms with Crippen molar-refractivity contribution in [2.24, 2.45) is 7.05 Å². The molecule has 4 nitrogen and oxygen atoms in total. The molecule has 0 saturated carbocycles. The summed E-state index contributed by atoms with van der Waals surface area (Å²) in [6, 6.07) is 14.3. The number of rotatable bonds is 1. The van der Waals surface area contributed by atoms with Crippen molar-refractivity contribution in [3.05, 3.63) is 81.6 Å². The van der Waals surface area contributed by atoms with E-state index < -0.39 is 0 Å². The van der Waals surface area contributed by atoms with Gasteiger partial charge in [-0.25, -0.2) is 4.39 Å². The van der Waals surface area contributed by atoms with Crippen LogP contribution in [0.3, 0.4) is 0 Å². The number of imidazole rings is 1. The molecule has 0 fully saturated rings. The Hall–Kier alpha value is -2.86. The van der Waals surface area contributed by atoms with Crippen LogP contribution in [0.1, 0.15) is 28.6 Å². The molecule has 2 aromatic carbocycles. The van der Waals surface area contributed by atoms with Crippen LogP contribution >= 0.6 is 12.2 Å². The fourth-order valence-electron chi connectivity index (χ4n) is 4.03. The second-order valence-electron chi connectivity index (χ2n) is 6.68. The monoisotopic (exact) mass is 365 g/mol. The number of fused-ring (bicyclic) bond motifs is 4. The molecule has 0 saturated heterocycles. The standard InChI is InChI=1S/C20H16FN3OS/c1-23-19(25)16-10-14-13-7-2-3-8-15(13)22-17(14)18(24(16)20(23)26)11-5-4-6-12(21)9-11/h2-9,18,22,25H,10H2,1H3. The van der Waals surface area contributed by atoms with Crippen LogP contribution in [0.5, 0.6) is 5.88 Å². The molecule has 1 aliphatic heterocycles. The zero-order valence-electron chi connectivity index (χ0n) is 14.0. The second-order valence-corrected chi connectivity index (χ2v) is 7.04. The summed E-state index contributed by atoms with van der Waals surface area (Å²) in [5.41, 5.74) is 4.68. The lowest BCUT2D eigenvalue weighted by molar-refractivity contribution is 0.424. The lowest BCUT2D eigenvalue weighted by atomic mass is 9.93. The Kier molecular flexibility index (Phi) is 3.15. The molecule has 0 amide bonds. The molecule has 26 heavy (non-hydrogen) atoms. The number of H-pyrrole nitrogens is 1. The average Bonchev–Trinajstić information content (AvgIpc) is 3.12. The smallest absolute Gasteiger partial charge is 0.213 e. The van der Waals surface area contributed by atoms with Gasteiger partial charge in [0.15, 0.2) is 4.77 Å². The van der Waals surface area contributed by atoms with E-state index in [9.17, 15) is 9.50 Å². The van der Waals surface area contributed by atoms with Crippen LogP contribution in [0.15, 0.2) is 48.5 Å². The summed E-state index contributed by atoms with van der Waals surface area (Å²) in [5.74, 6) is -0.133. The molecule has 2 N–H and O–H groups in total. The van der Waals surface area contributed by atoms with Crippen LogP contribution in [0.2, 0.25) is 0 Å². The van der Waals surface area contributed by atoms with Gasteiger partial charge in [-0.2, -0.15) is 0 Å². The minimum Gasteiger partial charge on any atom is -0.493 e. The average molecular weight is 365 g/mol. The van der Waals surface area contributed by atoms with E-state index in [0.717, 1.165) is 33.4 Å². The first-order chi connectivity index (χ1) is 12.6. The van der Waals surface area contributed by atoms with Gasteiger partial charge in [-0.3, -0.25) is 4.57 Å². The predicted octanol–water partition coefficient (Wildman–Crippen LogP) is 4.42. The third-order valence-corrected chi connectivity index (χ3v) is 5.72. The first kappa shape index (κ1) is 15.4. The van der Waals surface area contributed by atoms with Gasteiger partial charge in [0.2, 0.25) is 5.88 Å². The highest BCUT2D eigenvalue weighted by Gasteiger charge is 2.33. The first-order valence-corrected chi connectivity index (χ1v) is 8.81. The number of aromatic nitrogens is 3. The Morgan fingerprint density at radius 3 is 2.81 bits per heavy atom. The van der Waals surface area contributed by atoms with E-state index in [1.807, 2.05) is 28.8 Å². The quantitative estimate of drug-likeness (QED) is 0.432. The van der Waals surface area contributed by atoms with Crippen molar-refractivity contribution >= 4 is 23.1 Å². The molecule has 130 valence electrons. The van der Waals surface area contributed by atoms with Gasteiger partial charge in [0.25, 0.3) is 0 Å². The van der Waals surface area contributed by atoms with Gasteiger partial charge in [-0.05, 0) is 41.5 Å². The summed E-state index contributed by atoms with van der Waals surface area (Å²) >= 11 is 5.58. The number of nitrogens with one attached hydrogen (secondary N) is 1. The Morgan fingerprint density at radius 2 is 2.00 bits per heavy atom. The topological polar surface area (TPSA) is 45.9 Å². The van der Waals surface area contributed by atoms with Crippen molar-refractivity contribution < 1.29 is 9.50 Å². The minimum absolute atomic E-state index is 0.160. The van der Waals surface area contributed by atoms with E-state index in [-0.39, 0.29) is 17.7 Å². The first-order valence-electron chi connectivity index (χ1n) is 8.40. The SMILES string of the molecule is Cn1c(O)c2n(c1=S)C(c1cccc(F)c1)c1[nH]c3ccccc3c1C2. The maximum absolute atomic E-state index is 14.0. The van der Waals surface area contributed by atoms with Crippen LogP contribution in [-0.4, -0.2) is 19.2 Å². The molecule has 4 aromatic rings. The number of hydrogen-bond acceptors (Lipinski definition) is 2. The summed E-state index contributed by atoms with van der Waals surface area (Å²) in [6.07, 6.45) is 0.571. The van der Waals surface area contributed by atoms with E-state index in [1.54, 1.807) is 17.7 Å². The molecule has 6 heteroatoms. The Balaban J connectivity index is 1.89. The fraction of sp³-hybridized carbons (Fsp3) is 0.150. The van der Waals surface area contributed by atoms with E-state index in [2.05, 4.69) is 11.1 Å². The third-order valence-electron chi connectivity index (χ3n) is 5.25. The Bertz CT molecular complexity index is 1230. The van der Waals surface area contributed by atoms with Crippen molar-refractivity contribution in [1.82, 2.24) is 14.1 Å². The Morgan fingerprint density at radius 1 is 1.19 bits per heavy atom. The van der Waals surface area contributed by atoms with Crippen molar-refractivity contribution in [1.29, 1.82) is 0 Å². The molecule has 1 aliphatic rings. The third kappa shape index (κ3) is 1.96. The fourth-order valence-corrected chi connectivity index (χ4v) is 4.34. The van der Waals surface area contributed by atoms with Crippen LogP contribution in [0.4, 0.5) is 4.39 Å². The molecular weight excluding hydrogens is 349 g/mol. The van der Waals surface area contributed by atoms with Crippen molar-refractivity contribution in [3.8, 4) is 5.88 Å². The van der Waals surface area contributed by atoms with Gasteiger partial charge in [0.1, 0.15) is 11.9 Å². The van der Waals surface area contributed by atoms with Crippen LogP contribution in [0, 0.1) is 10.6 Å². The number of aromatic hydroxyl groups is 1. The molecule has 0 spiro atoms. The maximum atomic E-state index is 14.0. The Labute approximate surface area is 154 Å². The summed E-state index contributed by atoms with van der Waals surface area (Å²) < 4.78 is 18.0. The summed E-state index contributed by atoms with van der Waals surface area (Å²) in [5, 5.41) is 11.7. The highest BCUT2D eigenvalue weighted by atomic mass is 32.1. The molecule has 5 rings (SSSR count). The number of para-hydroxylation sites is 1. The molecule has 0 radical (unpaired) electrons. The van der Waals surface area contributed by atoms with Crippen LogP contribution in [-0.2, 0) is 13.5 Å². The summed E-state index contributed by atoms with van der Waals surface area (Å²) in [4.78, 5) is 3.50. The molecule has 1 unspecified atom stereocenters. The van der Waals surface area contributed by atoms with E-state index in [1.165, 1.54) is 12.1 Å². The highest BCUT2D eigenvalue weighted by molar-refractivity contribution is 7.71. The lowest BCUT2D eigenvalue weighted by Crippen LogP contribution is -2.21. The molecule has 0 aliphatic carbocycles. The normalized spacial score (nSPS) is 15.8. The van der Waals surface area contributed by atoms with E-state index in [0.29, 0.717) is 11.2 Å². The number of aromatic amines is 1. The van der Waals surface area contributed by atoms with Crippen molar-refractivity contribution in [3.63, 3.8) is 0 Å². The lowest BCUT2D eigenvalue weighted by Gasteiger charge is -2.26. The predicted molar refractivity (Wildman–Crippen MR) is 101 cm³/mol. The van der Waals surface area contributed by atoms with Gasteiger partial charge in [0, 0.05) is 30.1 Å². The minimum atomic E-state index is -0.309. The molecule has 0 bridgehead atoms. The van der Waals surface area contributed by atoms with E-state index in [4.69, 9.17) is 12.2 Å². The number of hydrogen-bond donors (Lipinski definition) is 2. The molecule has 2 aromatic heterocycles. The second kappa shape index (κ2) is 5.32. The molecule has 3 heterocycles. The number of halogens is 1. The zero-order valence-corrected chi connectivity index (χ0v) is 14.8.